The summed E-state index contributed by atoms with van der Waals surface area (Å²) in [6.07, 6.45) is -0.853. The van der Waals surface area contributed by atoms with Crippen LogP contribution >= 0.6 is 0 Å². The van der Waals surface area contributed by atoms with Crippen LogP contribution in [0.25, 0.3) is 0 Å². The number of aliphatic hydroxyl groups excluding tert-OH is 1. The van der Waals surface area contributed by atoms with Crippen molar-refractivity contribution in [3.8, 4) is 17.2 Å². The van der Waals surface area contributed by atoms with Gasteiger partial charge in [0.15, 0.2) is 11.5 Å². The fourth-order valence-corrected chi connectivity index (χ4v) is 3.66. The van der Waals surface area contributed by atoms with Gasteiger partial charge in [-0.05, 0) is 36.8 Å². The van der Waals surface area contributed by atoms with Crippen molar-refractivity contribution in [1.29, 1.82) is 0 Å². The third kappa shape index (κ3) is 4.18. The number of aliphatic hydroxyl groups is 1. The Kier molecular flexibility index (Phi) is 5.76. The topological polar surface area (TPSA) is 88.5 Å². The molecular formula is C22H24N2O6. The van der Waals surface area contributed by atoms with Crippen LogP contribution in [0.1, 0.15) is 22.8 Å². The Morgan fingerprint density at radius 2 is 1.97 bits per heavy atom. The molecule has 1 fully saturated rings. The second-order valence-electron chi connectivity index (χ2n) is 7.23. The van der Waals surface area contributed by atoms with Crippen molar-refractivity contribution in [3.05, 3.63) is 53.6 Å². The third-order valence-corrected chi connectivity index (χ3v) is 5.06. The van der Waals surface area contributed by atoms with Gasteiger partial charge in [0, 0.05) is 19.6 Å². The van der Waals surface area contributed by atoms with E-state index < -0.39 is 6.10 Å². The van der Waals surface area contributed by atoms with Gasteiger partial charge in [0.25, 0.3) is 5.91 Å². The molecule has 1 saturated heterocycles. The average molecular weight is 412 g/mol. The first-order chi connectivity index (χ1) is 14.5. The highest BCUT2D eigenvalue weighted by Gasteiger charge is 2.31. The Labute approximate surface area is 174 Å². The van der Waals surface area contributed by atoms with Crippen molar-refractivity contribution < 1.29 is 28.9 Å². The molecule has 2 aliphatic heterocycles. The van der Waals surface area contributed by atoms with E-state index in [1.165, 1.54) is 4.90 Å². The molecule has 2 amide bonds. The molecule has 0 aliphatic carbocycles. The van der Waals surface area contributed by atoms with Gasteiger partial charge in [0.1, 0.15) is 12.3 Å². The molecule has 0 saturated carbocycles. The molecule has 2 aromatic rings. The van der Waals surface area contributed by atoms with Gasteiger partial charge in [0.05, 0.1) is 18.3 Å². The van der Waals surface area contributed by atoms with E-state index >= 15 is 0 Å². The molecule has 1 atom stereocenters. The second kappa shape index (κ2) is 8.62. The van der Waals surface area contributed by atoms with Gasteiger partial charge in [-0.15, -0.1) is 0 Å². The number of hydrogen-bond acceptors (Lipinski definition) is 6. The molecule has 8 heteroatoms. The molecule has 1 N–H and O–H groups in total. The lowest BCUT2D eigenvalue weighted by atomic mass is 10.1. The molecule has 1 unspecified atom stereocenters. The minimum absolute atomic E-state index is 0.0721. The Balaban J connectivity index is 1.49. The lowest BCUT2D eigenvalue weighted by molar-refractivity contribution is -0.131. The summed E-state index contributed by atoms with van der Waals surface area (Å²) < 4.78 is 16.2. The second-order valence-corrected chi connectivity index (χ2v) is 7.23. The van der Waals surface area contributed by atoms with Crippen LogP contribution in [0, 0.1) is 0 Å². The highest BCUT2D eigenvalue weighted by Crippen LogP contribution is 2.33. The van der Waals surface area contributed by atoms with Crippen LogP contribution in [-0.2, 0) is 11.3 Å². The monoisotopic (exact) mass is 412 g/mol. The molecule has 4 rings (SSSR count). The largest absolute Gasteiger partial charge is 0.493 e. The normalized spacial score (nSPS) is 18.3. The number of hydrogen-bond donors (Lipinski definition) is 1. The summed E-state index contributed by atoms with van der Waals surface area (Å²) in [5.74, 6) is 1.21. The van der Waals surface area contributed by atoms with Crippen LogP contribution in [0.5, 0.6) is 17.2 Å². The van der Waals surface area contributed by atoms with Crippen LogP contribution in [-0.4, -0.2) is 65.9 Å². The predicted molar refractivity (Wildman–Crippen MR) is 108 cm³/mol. The smallest absolute Gasteiger partial charge is 0.258 e. The van der Waals surface area contributed by atoms with E-state index in [2.05, 4.69) is 0 Å². The number of para-hydroxylation sites is 1. The number of β-amino-alcohol motifs (C(OH)–C–C–N with tert-alkyl or cyclic N) is 1. The SMILES string of the molecule is CCOc1ccccc1C(=O)N1CC(=O)N(Cc2ccc3c(c2)OCO3)CC(O)C1. The minimum Gasteiger partial charge on any atom is -0.493 e. The first-order valence-electron chi connectivity index (χ1n) is 9.90. The van der Waals surface area contributed by atoms with Gasteiger partial charge in [-0.1, -0.05) is 18.2 Å². The highest BCUT2D eigenvalue weighted by molar-refractivity contribution is 5.99. The molecular weight excluding hydrogens is 388 g/mol. The summed E-state index contributed by atoms with van der Waals surface area (Å²) in [5, 5.41) is 10.5. The van der Waals surface area contributed by atoms with Gasteiger partial charge in [-0.2, -0.15) is 0 Å². The Morgan fingerprint density at radius 3 is 2.80 bits per heavy atom. The molecule has 2 aliphatic rings. The number of carbonyl (C=O) groups excluding carboxylic acids is 2. The van der Waals surface area contributed by atoms with Crippen molar-refractivity contribution in [2.24, 2.45) is 0 Å². The number of ether oxygens (including phenoxy) is 3. The quantitative estimate of drug-likeness (QED) is 0.804. The summed E-state index contributed by atoms with van der Waals surface area (Å²) in [4.78, 5) is 28.9. The molecule has 2 aromatic carbocycles. The number of rotatable bonds is 5. The van der Waals surface area contributed by atoms with Gasteiger partial charge in [-0.25, -0.2) is 0 Å². The lowest BCUT2D eigenvalue weighted by Gasteiger charge is -2.22. The zero-order valence-corrected chi connectivity index (χ0v) is 16.7. The van der Waals surface area contributed by atoms with Gasteiger partial charge < -0.3 is 29.1 Å². The van der Waals surface area contributed by atoms with E-state index in [9.17, 15) is 14.7 Å². The number of nitrogens with zero attached hydrogens (tertiary/aromatic N) is 2. The van der Waals surface area contributed by atoms with Crippen LogP contribution in [0.3, 0.4) is 0 Å². The van der Waals surface area contributed by atoms with Gasteiger partial charge in [0.2, 0.25) is 12.7 Å². The third-order valence-electron chi connectivity index (χ3n) is 5.06. The molecule has 0 bridgehead atoms. The molecule has 30 heavy (non-hydrogen) atoms. The number of amides is 2. The van der Waals surface area contributed by atoms with Crippen LogP contribution in [0.15, 0.2) is 42.5 Å². The summed E-state index contributed by atoms with van der Waals surface area (Å²) in [6, 6.07) is 12.4. The average Bonchev–Trinajstić information content (AvgIpc) is 3.15. The van der Waals surface area contributed by atoms with Crippen molar-refractivity contribution in [1.82, 2.24) is 9.80 Å². The summed E-state index contributed by atoms with van der Waals surface area (Å²) in [5.41, 5.74) is 1.24. The minimum atomic E-state index is -0.853. The Morgan fingerprint density at radius 1 is 1.17 bits per heavy atom. The summed E-state index contributed by atoms with van der Waals surface area (Å²) in [7, 11) is 0. The van der Waals surface area contributed by atoms with E-state index in [-0.39, 0.29) is 38.2 Å². The maximum atomic E-state index is 13.1. The molecule has 158 valence electrons. The summed E-state index contributed by atoms with van der Waals surface area (Å²) >= 11 is 0. The fraction of sp³-hybridized carbons (Fsp3) is 0.364. The first kappa shape index (κ1) is 20.0. The fourth-order valence-electron chi connectivity index (χ4n) is 3.66. The number of carbonyl (C=O) groups is 2. The Bertz CT molecular complexity index is 947. The molecule has 0 spiro atoms. The van der Waals surface area contributed by atoms with Gasteiger partial charge >= 0.3 is 0 Å². The maximum Gasteiger partial charge on any atom is 0.258 e. The van der Waals surface area contributed by atoms with E-state index in [1.807, 2.05) is 19.1 Å². The van der Waals surface area contributed by atoms with Crippen LogP contribution < -0.4 is 14.2 Å². The number of benzene rings is 2. The van der Waals surface area contributed by atoms with E-state index in [1.54, 1.807) is 35.2 Å². The van der Waals surface area contributed by atoms with Crippen molar-refractivity contribution in [2.45, 2.75) is 19.6 Å². The zero-order chi connectivity index (χ0) is 21.1. The molecule has 0 aromatic heterocycles. The van der Waals surface area contributed by atoms with Crippen molar-refractivity contribution >= 4 is 11.8 Å². The van der Waals surface area contributed by atoms with Crippen molar-refractivity contribution in [3.63, 3.8) is 0 Å². The van der Waals surface area contributed by atoms with Gasteiger partial charge in [-0.3, -0.25) is 9.59 Å². The van der Waals surface area contributed by atoms with E-state index in [0.29, 0.717) is 36.0 Å². The van der Waals surface area contributed by atoms with E-state index in [4.69, 9.17) is 14.2 Å². The number of fused-ring (bicyclic) bond motifs is 1. The summed E-state index contributed by atoms with van der Waals surface area (Å²) in [6.45, 7) is 2.86. The maximum absolute atomic E-state index is 13.1. The first-order valence-corrected chi connectivity index (χ1v) is 9.90. The zero-order valence-electron chi connectivity index (χ0n) is 16.7. The highest BCUT2D eigenvalue weighted by atomic mass is 16.7. The van der Waals surface area contributed by atoms with Crippen LogP contribution in [0.2, 0.25) is 0 Å². The lowest BCUT2D eigenvalue weighted by Crippen LogP contribution is -2.39. The van der Waals surface area contributed by atoms with Crippen LogP contribution in [0.4, 0.5) is 0 Å². The van der Waals surface area contributed by atoms with E-state index in [0.717, 1.165) is 5.56 Å². The van der Waals surface area contributed by atoms with Crippen molar-refractivity contribution in [2.75, 3.05) is 33.0 Å². The predicted octanol–water partition coefficient (Wildman–Crippen LogP) is 1.66. The Hall–Kier alpha value is -3.26. The molecule has 8 nitrogen and oxygen atoms in total. The molecule has 2 heterocycles. The standard InChI is InChI=1S/C22H24N2O6/c1-2-28-18-6-4-3-5-17(18)22(27)24-12-16(25)11-23(21(26)13-24)10-15-7-8-19-20(9-15)30-14-29-19/h3-9,16,25H,2,10-14H2,1H3. The molecule has 0 radical (unpaired) electrons.